The Labute approximate surface area is 250 Å². The lowest BCUT2D eigenvalue weighted by molar-refractivity contribution is -0.343. The maximum atomic E-state index is 13.8. The smallest absolute Gasteiger partial charge is 0.460 e. The van der Waals surface area contributed by atoms with Crippen LogP contribution in [-0.4, -0.2) is 54.8 Å². The van der Waals surface area contributed by atoms with Gasteiger partial charge in [0.15, 0.2) is 0 Å². The van der Waals surface area contributed by atoms with Crippen molar-refractivity contribution in [3.63, 3.8) is 0 Å². The van der Waals surface area contributed by atoms with Gasteiger partial charge >= 0.3 is 23.9 Å². The van der Waals surface area contributed by atoms with Crippen LogP contribution in [0.3, 0.4) is 0 Å². The molecule has 0 aliphatic rings. The van der Waals surface area contributed by atoms with Crippen molar-refractivity contribution in [3.05, 3.63) is 83.9 Å². The van der Waals surface area contributed by atoms with Gasteiger partial charge in [0.1, 0.15) is 11.5 Å². The van der Waals surface area contributed by atoms with Gasteiger partial charge in [-0.25, -0.2) is 10.4 Å². The number of nitrogens with zero attached hydrogens (tertiary/aromatic N) is 2. The number of nitrogens with one attached hydrogen (secondary N) is 2. The van der Waals surface area contributed by atoms with Gasteiger partial charge in [0.05, 0.1) is 36.7 Å². The van der Waals surface area contributed by atoms with Crippen molar-refractivity contribution in [1.82, 2.24) is 10.4 Å². The second-order valence-electron chi connectivity index (χ2n) is 9.46. The number of aromatic nitrogens is 1. The van der Waals surface area contributed by atoms with Crippen LogP contribution in [0.25, 0.3) is 22.2 Å². The lowest BCUT2D eigenvalue weighted by Gasteiger charge is -2.27. The van der Waals surface area contributed by atoms with Gasteiger partial charge in [0, 0.05) is 16.6 Å². The Balaban J connectivity index is 1.61. The summed E-state index contributed by atoms with van der Waals surface area (Å²) in [6.45, 7) is 1.39. The summed E-state index contributed by atoms with van der Waals surface area (Å²) in [5.74, 6) is -15.3. The van der Waals surface area contributed by atoms with Gasteiger partial charge in [-0.1, -0.05) is 30.3 Å². The van der Waals surface area contributed by atoms with Gasteiger partial charge in [-0.3, -0.25) is 9.59 Å². The third-order valence-corrected chi connectivity index (χ3v) is 6.54. The maximum absolute atomic E-state index is 13.8. The van der Waals surface area contributed by atoms with E-state index in [-0.39, 0.29) is 16.8 Å². The van der Waals surface area contributed by atoms with Crippen LogP contribution >= 0.6 is 0 Å². The number of methoxy groups -OCH3 is 2. The highest BCUT2D eigenvalue weighted by Gasteiger charge is 2.76. The van der Waals surface area contributed by atoms with Crippen molar-refractivity contribution < 1.29 is 49.8 Å². The molecule has 0 atom stereocenters. The molecule has 45 heavy (non-hydrogen) atoms. The van der Waals surface area contributed by atoms with E-state index in [9.17, 15) is 40.3 Å². The summed E-state index contributed by atoms with van der Waals surface area (Å²) in [5.41, 5.74) is 3.60. The molecule has 1 heterocycles. The number of hydrogen-bond donors (Lipinski definition) is 2. The van der Waals surface area contributed by atoms with Gasteiger partial charge < -0.3 is 14.8 Å². The first-order valence-corrected chi connectivity index (χ1v) is 12.8. The Kier molecular flexibility index (Phi) is 9.02. The van der Waals surface area contributed by atoms with Gasteiger partial charge in [-0.05, 0) is 55.0 Å². The summed E-state index contributed by atoms with van der Waals surface area (Å²) < 4.78 is 102. The van der Waals surface area contributed by atoms with E-state index in [4.69, 9.17) is 9.47 Å². The zero-order chi connectivity index (χ0) is 33.2. The molecular formula is C30H23F7N4O4. The molecule has 0 fully saturated rings. The van der Waals surface area contributed by atoms with E-state index < -0.39 is 35.5 Å². The number of pyridine rings is 1. The van der Waals surface area contributed by atoms with E-state index in [1.165, 1.54) is 44.7 Å². The van der Waals surface area contributed by atoms with E-state index in [1.807, 2.05) is 0 Å². The number of halogens is 7. The fraction of sp³-hybridized carbons (Fsp3) is 0.200. The lowest BCUT2D eigenvalue weighted by Crippen LogP contribution is -2.57. The van der Waals surface area contributed by atoms with Crippen molar-refractivity contribution in [1.29, 1.82) is 0 Å². The molecule has 8 nitrogen and oxygen atoms in total. The van der Waals surface area contributed by atoms with Gasteiger partial charge in [-0.2, -0.15) is 35.8 Å². The minimum Gasteiger partial charge on any atom is -0.497 e. The number of carbonyl (C=O) groups is 2. The molecule has 2 amide bonds. The number of amides is 2. The summed E-state index contributed by atoms with van der Waals surface area (Å²) in [4.78, 5) is 29.7. The molecule has 4 rings (SSSR count). The van der Waals surface area contributed by atoms with E-state index >= 15 is 0 Å². The average molecular weight is 637 g/mol. The molecule has 0 spiro atoms. The molecule has 236 valence electrons. The normalized spacial score (nSPS) is 12.5. The molecule has 3 aromatic carbocycles. The van der Waals surface area contributed by atoms with Gasteiger partial charge in [0.25, 0.3) is 5.91 Å². The number of alkyl halides is 7. The third kappa shape index (κ3) is 6.51. The van der Waals surface area contributed by atoms with Crippen LogP contribution in [0, 0.1) is 0 Å². The molecule has 0 bridgehead atoms. The minimum atomic E-state index is -6.67. The summed E-state index contributed by atoms with van der Waals surface area (Å²) >= 11 is 0. The van der Waals surface area contributed by atoms with Crippen molar-refractivity contribution in [2.75, 3.05) is 19.5 Å². The zero-order valence-electron chi connectivity index (χ0n) is 23.6. The summed E-state index contributed by atoms with van der Waals surface area (Å²) in [6.07, 6.45) is -6.67. The standard InChI is InChI=1S/C30H23F7N4O4/c1-16(17-7-6-8-18(13-17)38-27(43)28(31,32)29(33,34)30(35,36)37)40-41-26(42)21-15-24(39-23-10-5-4-9-20(21)23)22-14-19(44-2)11-12-25(22)45-3/h4-15H,1-3H3,(H,38,43)(H,41,42)/b40-16-. The first-order valence-electron chi connectivity index (χ1n) is 12.8. The fourth-order valence-electron chi connectivity index (χ4n) is 4.13. The largest absolute Gasteiger partial charge is 0.497 e. The van der Waals surface area contributed by atoms with E-state index in [0.29, 0.717) is 33.7 Å². The minimum absolute atomic E-state index is 0.0693. The molecule has 0 saturated carbocycles. The number of hydrogen-bond acceptors (Lipinski definition) is 6. The van der Waals surface area contributed by atoms with Gasteiger partial charge in [0.2, 0.25) is 0 Å². The molecule has 4 aromatic rings. The Hall–Kier alpha value is -5.21. The Morgan fingerprint density at radius 3 is 2.22 bits per heavy atom. The Morgan fingerprint density at radius 1 is 0.844 bits per heavy atom. The summed E-state index contributed by atoms with van der Waals surface area (Å²) in [5, 5.41) is 5.85. The Morgan fingerprint density at radius 2 is 1.56 bits per heavy atom. The highest BCUT2D eigenvalue weighted by atomic mass is 19.4. The summed E-state index contributed by atoms with van der Waals surface area (Å²) in [7, 11) is 2.96. The van der Waals surface area contributed by atoms with Crippen LogP contribution in [0.15, 0.2) is 77.9 Å². The van der Waals surface area contributed by atoms with Crippen LogP contribution in [0.1, 0.15) is 22.8 Å². The highest BCUT2D eigenvalue weighted by molar-refractivity contribution is 6.08. The molecule has 0 radical (unpaired) electrons. The molecular weight excluding hydrogens is 613 g/mol. The van der Waals surface area contributed by atoms with Crippen molar-refractivity contribution in [3.8, 4) is 22.8 Å². The zero-order valence-corrected chi connectivity index (χ0v) is 23.6. The van der Waals surface area contributed by atoms with E-state index in [0.717, 1.165) is 12.1 Å². The second-order valence-corrected chi connectivity index (χ2v) is 9.46. The number of para-hydroxylation sites is 1. The topological polar surface area (TPSA) is 102 Å². The van der Waals surface area contributed by atoms with Crippen LogP contribution in [0.5, 0.6) is 11.5 Å². The number of anilines is 1. The first-order chi connectivity index (χ1) is 21.1. The second kappa shape index (κ2) is 12.4. The molecule has 1 aromatic heterocycles. The maximum Gasteiger partial charge on any atom is 0.460 e. The summed E-state index contributed by atoms with van der Waals surface area (Å²) in [6, 6.07) is 18.0. The Bertz CT molecular complexity index is 1790. The van der Waals surface area contributed by atoms with Crippen molar-refractivity contribution >= 4 is 34.1 Å². The first kappa shape index (κ1) is 32.7. The number of carbonyl (C=O) groups excluding carboxylic acids is 2. The predicted molar refractivity (Wildman–Crippen MR) is 151 cm³/mol. The number of rotatable bonds is 9. The van der Waals surface area contributed by atoms with Crippen LogP contribution < -0.4 is 20.2 Å². The monoisotopic (exact) mass is 636 g/mol. The number of benzene rings is 3. The molecule has 15 heteroatoms. The van der Waals surface area contributed by atoms with E-state index in [1.54, 1.807) is 42.5 Å². The highest BCUT2D eigenvalue weighted by Crippen LogP contribution is 2.47. The molecule has 2 N–H and O–H groups in total. The fourth-order valence-corrected chi connectivity index (χ4v) is 4.13. The van der Waals surface area contributed by atoms with Crippen molar-refractivity contribution in [2.45, 2.75) is 24.9 Å². The third-order valence-electron chi connectivity index (χ3n) is 6.54. The number of hydrazone groups is 1. The quantitative estimate of drug-likeness (QED) is 0.119. The van der Waals surface area contributed by atoms with Crippen LogP contribution in [0.2, 0.25) is 0 Å². The van der Waals surface area contributed by atoms with Crippen LogP contribution in [-0.2, 0) is 4.79 Å². The van der Waals surface area contributed by atoms with E-state index in [2.05, 4.69) is 15.5 Å². The predicted octanol–water partition coefficient (Wildman–Crippen LogP) is 6.84. The molecule has 0 aliphatic carbocycles. The lowest BCUT2D eigenvalue weighted by atomic mass is 10.0. The van der Waals surface area contributed by atoms with Crippen molar-refractivity contribution in [2.24, 2.45) is 5.10 Å². The van der Waals surface area contributed by atoms with Crippen LogP contribution in [0.4, 0.5) is 36.4 Å². The number of fused-ring (bicyclic) bond motifs is 1. The molecule has 0 aliphatic heterocycles. The number of ether oxygens (including phenoxy) is 2. The molecule has 0 unspecified atom stereocenters. The average Bonchev–Trinajstić information content (AvgIpc) is 3.01. The van der Waals surface area contributed by atoms with Gasteiger partial charge in [-0.15, -0.1) is 0 Å². The SMILES string of the molecule is COc1ccc(OC)c(-c2cc(C(=O)N/N=C(/C)c3cccc(NC(=O)C(F)(F)C(F)(F)C(F)(F)F)c3)c3ccccc3n2)c1. The molecule has 0 saturated heterocycles.